The average molecular weight is 130 g/mol. The minimum absolute atomic E-state index is 0.0966. The molecule has 0 heterocycles. The van der Waals surface area contributed by atoms with Crippen LogP contribution in [0.3, 0.4) is 0 Å². The lowest BCUT2D eigenvalue weighted by Gasteiger charge is -1.93. The third-order valence-electron chi connectivity index (χ3n) is 0.816. The Bertz CT molecular complexity index is 107. The predicted octanol–water partition coefficient (Wildman–Crippen LogP) is 1.49. The molecule has 0 saturated carbocycles. The van der Waals surface area contributed by atoms with Crippen LogP contribution in [0.2, 0.25) is 0 Å². The number of Topliss-reactive ketones (excluding diaryl/α,β-unsaturated/α-hetero) is 1. The molecule has 8 heavy (non-hydrogen) atoms. The van der Waals surface area contributed by atoms with Crippen LogP contribution in [0.5, 0.6) is 0 Å². The third-order valence-corrected chi connectivity index (χ3v) is 1.45. The predicted molar refractivity (Wildman–Crippen MR) is 38.2 cm³/mol. The molecular formula is C6H10OS. The Morgan fingerprint density at radius 3 is 2.38 bits per heavy atom. The fraction of sp³-hybridized carbons (Fsp3) is 0.500. The van der Waals surface area contributed by atoms with Gasteiger partial charge in [-0.15, -0.1) is 0 Å². The Hall–Kier alpha value is -0.240. The van der Waals surface area contributed by atoms with Crippen molar-refractivity contribution in [3.63, 3.8) is 0 Å². The van der Waals surface area contributed by atoms with E-state index in [0.29, 0.717) is 5.57 Å². The van der Waals surface area contributed by atoms with E-state index in [1.807, 2.05) is 6.26 Å². The summed E-state index contributed by atoms with van der Waals surface area (Å²) in [6.07, 6.45) is 1.95. The zero-order valence-electron chi connectivity index (χ0n) is 5.23. The van der Waals surface area contributed by atoms with Crippen molar-refractivity contribution in [2.75, 3.05) is 12.0 Å². The van der Waals surface area contributed by atoms with E-state index in [1.165, 1.54) is 0 Å². The Morgan fingerprint density at radius 2 is 2.25 bits per heavy atom. The molecule has 46 valence electrons. The highest BCUT2D eigenvalue weighted by molar-refractivity contribution is 7.98. The molecule has 1 nitrogen and oxygen atoms in total. The van der Waals surface area contributed by atoms with Gasteiger partial charge in [0, 0.05) is 5.75 Å². The van der Waals surface area contributed by atoms with E-state index >= 15 is 0 Å². The Morgan fingerprint density at radius 1 is 1.75 bits per heavy atom. The first kappa shape index (κ1) is 7.76. The molecule has 0 unspecified atom stereocenters. The second-order valence-corrected chi connectivity index (χ2v) is 2.46. The molecule has 2 heteroatoms. The van der Waals surface area contributed by atoms with Crippen LogP contribution in [-0.4, -0.2) is 17.8 Å². The first-order chi connectivity index (χ1) is 3.68. The van der Waals surface area contributed by atoms with Gasteiger partial charge in [0.15, 0.2) is 5.78 Å². The maximum atomic E-state index is 10.4. The molecule has 0 amide bonds. The van der Waals surface area contributed by atoms with Gasteiger partial charge < -0.3 is 0 Å². The Labute approximate surface area is 54.2 Å². The smallest absolute Gasteiger partial charge is 0.156 e. The molecule has 0 fully saturated rings. The Kier molecular flexibility index (Phi) is 3.61. The molecule has 0 radical (unpaired) electrons. The number of thioether (sulfide) groups is 1. The van der Waals surface area contributed by atoms with E-state index in [2.05, 4.69) is 6.58 Å². The van der Waals surface area contributed by atoms with Crippen molar-refractivity contribution in [2.24, 2.45) is 0 Å². The molecule has 0 aliphatic heterocycles. The third kappa shape index (κ3) is 2.86. The van der Waals surface area contributed by atoms with Gasteiger partial charge in [-0.05, 0) is 18.8 Å². The van der Waals surface area contributed by atoms with Crippen LogP contribution in [0.1, 0.15) is 6.92 Å². The summed E-state index contributed by atoms with van der Waals surface area (Å²) in [6, 6.07) is 0. The van der Waals surface area contributed by atoms with Crippen LogP contribution in [0.15, 0.2) is 12.2 Å². The van der Waals surface area contributed by atoms with Crippen molar-refractivity contribution in [2.45, 2.75) is 6.92 Å². The molecular weight excluding hydrogens is 120 g/mol. The first-order valence-electron chi connectivity index (χ1n) is 2.36. The van der Waals surface area contributed by atoms with Crippen LogP contribution in [0.4, 0.5) is 0 Å². The van der Waals surface area contributed by atoms with Gasteiger partial charge in [0.2, 0.25) is 0 Å². The summed E-state index contributed by atoms with van der Waals surface area (Å²) in [5.74, 6) is 0.856. The second-order valence-electron chi connectivity index (χ2n) is 1.59. The van der Waals surface area contributed by atoms with Gasteiger partial charge >= 0.3 is 0 Å². The van der Waals surface area contributed by atoms with Gasteiger partial charge in [-0.3, -0.25) is 4.79 Å². The van der Waals surface area contributed by atoms with Gasteiger partial charge in [0.1, 0.15) is 0 Å². The highest BCUT2D eigenvalue weighted by Gasteiger charge is 1.95. The van der Waals surface area contributed by atoms with Crippen LogP contribution in [-0.2, 0) is 4.79 Å². The minimum atomic E-state index is 0.0966. The summed E-state index contributed by atoms with van der Waals surface area (Å²) in [5.41, 5.74) is 0.706. The molecule has 0 aliphatic rings. The number of ketones is 1. The zero-order valence-corrected chi connectivity index (χ0v) is 6.05. The highest BCUT2D eigenvalue weighted by Crippen LogP contribution is 2.01. The minimum Gasteiger partial charge on any atom is -0.295 e. The molecule has 0 aromatic heterocycles. The van der Waals surface area contributed by atoms with Gasteiger partial charge in [0.05, 0.1) is 0 Å². The summed E-state index contributed by atoms with van der Waals surface area (Å²) >= 11 is 1.62. The van der Waals surface area contributed by atoms with Crippen LogP contribution >= 0.6 is 11.8 Å². The number of carbonyl (C=O) groups excluding carboxylic acids is 1. The van der Waals surface area contributed by atoms with Crippen molar-refractivity contribution in [1.82, 2.24) is 0 Å². The van der Waals surface area contributed by atoms with Crippen molar-refractivity contribution < 1.29 is 4.79 Å². The summed E-state index contributed by atoms with van der Waals surface area (Å²) in [4.78, 5) is 10.4. The molecule has 0 N–H and O–H groups in total. The fourth-order valence-corrected chi connectivity index (χ4v) is 0.828. The number of hydrogen-bond acceptors (Lipinski definition) is 2. The molecule has 0 bridgehead atoms. The second kappa shape index (κ2) is 3.72. The molecule has 0 aromatic carbocycles. The summed E-state index contributed by atoms with van der Waals surface area (Å²) < 4.78 is 0. The quantitative estimate of drug-likeness (QED) is 0.538. The highest BCUT2D eigenvalue weighted by atomic mass is 32.2. The van der Waals surface area contributed by atoms with Crippen LogP contribution in [0.25, 0.3) is 0 Å². The van der Waals surface area contributed by atoms with Crippen molar-refractivity contribution in [1.29, 1.82) is 0 Å². The lowest BCUT2D eigenvalue weighted by atomic mass is 10.2. The van der Waals surface area contributed by atoms with Crippen molar-refractivity contribution in [3.05, 3.63) is 12.2 Å². The molecule has 0 saturated heterocycles. The van der Waals surface area contributed by atoms with E-state index in [9.17, 15) is 4.79 Å². The largest absolute Gasteiger partial charge is 0.295 e. The molecule has 0 aromatic rings. The van der Waals surface area contributed by atoms with E-state index < -0.39 is 0 Å². The maximum absolute atomic E-state index is 10.4. The zero-order chi connectivity index (χ0) is 6.57. The van der Waals surface area contributed by atoms with Gasteiger partial charge in [-0.1, -0.05) is 6.58 Å². The van der Waals surface area contributed by atoms with E-state index in [4.69, 9.17) is 0 Å². The molecule has 0 aliphatic carbocycles. The van der Waals surface area contributed by atoms with Crippen molar-refractivity contribution >= 4 is 17.5 Å². The van der Waals surface area contributed by atoms with E-state index in [1.54, 1.807) is 18.7 Å². The Balaban J connectivity index is 3.49. The number of carbonyl (C=O) groups is 1. The van der Waals surface area contributed by atoms with Gasteiger partial charge in [-0.25, -0.2) is 0 Å². The molecule has 0 rings (SSSR count). The number of rotatable bonds is 3. The van der Waals surface area contributed by atoms with Gasteiger partial charge in [-0.2, -0.15) is 11.8 Å². The average Bonchev–Trinajstić information content (AvgIpc) is 1.67. The summed E-state index contributed by atoms with van der Waals surface area (Å²) in [5, 5.41) is 0. The van der Waals surface area contributed by atoms with Crippen LogP contribution in [0, 0.1) is 0 Å². The van der Waals surface area contributed by atoms with E-state index in [0.717, 1.165) is 5.75 Å². The monoisotopic (exact) mass is 130 g/mol. The summed E-state index contributed by atoms with van der Waals surface area (Å²) in [7, 11) is 0. The topological polar surface area (TPSA) is 17.1 Å². The van der Waals surface area contributed by atoms with Crippen LogP contribution < -0.4 is 0 Å². The fourth-order valence-electron chi connectivity index (χ4n) is 0.276. The van der Waals surface area contributed by atoms with Crippen molar-refractivity contribution in [3.8, 4) is 0 Å². The maximum Gasteiger partial charge on any atom is 0.156 e. The van der Waals surface area contributed by atoms with Gasteiger partial charge in [0.25, 0.3) is 0 Å². The molecule has 0 spiro atoms. The summed E-state index contributed by atoms with van der Waals surface area (Å²) in [6.45, 7) is 5.11. The normalized spacial score (nSPS) is 8.75. The van der Waals surface area contributed by atoms with E-state index in [-0.39, 0.29) is 5.78 Å². The lowest BCUT2D eigenvalue weighted by Crippen LogP contribution is -1.96. The standard InChI is InChI=1S/C6H10OS/c1-5(4-8-3)6(2)7/h1,4H2,2-3H3. The lowest BCUT2D eigenvalue weighted by molar-refractivity contribution is -0.113. The molecule has 0 atom stereocenters. The SMILES string of the molecule is C=C(CSC)C(C)=O. The number of hydrogen-bond donors (Lipinski definition) is 0. The first-order valence-corrected chi connectivity index (χ1v) is 3.75.